The van der Waals surface area contributed by atoms with Gasteiger partial charge >= 0.3 is 0 Å². The van der Waals surface area contributed by atoms with Gasteiger partial charge in [0.2, 0.25) is 0 Å². The number of aromatic nitrogens is 2. The van der Waals surface area contributed by atoms with Crippen LogP contribution in [0.25, 0.3) is 0 Å². The Labute approximate surface area is 131 Å². The van der Waals surface area contributed by atoms with E-state index in [2.05, 4.69) is 34.4 Å². The first-order valence-electron chi connectivity index (χ1n) is 7.27. The zero-order valence-electron chi connectivity index (χ0n) is 12.7. The van der Waals surface area contributed by atoms with Crippen LogP contribution in [0, 0.1) is 6.92 Å². The van der Waals surface area contributed by atoms with Crippen molar-refractivity contribution >= 4 is 28.9 Å². The smallest absolute Gasteiger partial charge is 0.136 e. The van der Waals surface area contributed by atoms with E-state index in [-0.39, 0.29) is 0 Å². The summed E-state index contributed by atoms with van der Waals surface area (Å²) < 4.78 is 0. The monoisotopic (exact) mass is 304 g/mol. The molecule has 2 rings (SSSR count). The van der Waals surface area contributed by atoms with Crippen LogP contribution < -0.4 is 10.6 Å². The molecule has 1 aromatic carbocycles. The van der Waals surface area contributed by atoms with Crippen molar-refractivity contribution in [3.05, 3.63) is 40.7 Å². The molecule has 0 bridgehead atoms. The Hall–Kier alpha value is -1.81. The van der Waals surface area contributed by atoms with Crippen LogP contribution in [0.2, 0.25) is 5.02 Å². The lowest BCUT2D eigenvalue weighted by Gasteiger charge is -2.12. The lowest BCUT2D eigenvalue weighted by atomic mass is 10.2. The van der Waals surface area contributed by atoms with Gasteiger partial charge in [0.15, 0.2) is 0 Å². The first kappa shape index (κ1) is 15.6. The van der Waals surface area contributed by atoms with Gasteiger partial charge in [0.05, 0.1) is 0 Å². The number of hydrogen-bond acceptors (Lipinski definition) is 4. The number of rotatable bonds is 6. The molecule has 1 aromatic heterocycles. The molecular weight excluding hydrogens is 284 g/mol. The molecule has 2 N–H and O–H groups in total. The maximum atomic E-state index is 6.06. The van der Waals surface area contributed by atoms with Crippen LogP contribution in [0.4, 0.5) is 17.3 Å². The minimum absolute atomic E-state index is 0.706. The van der Waals surface area contributed by atoms with Gasteiger partial charge in [0, 0.05) is 29.7 Å². The summed E-state index contributed by atoms with van der Waals surface area (Å²) in [5.74, 6) is 2.48. The van der Waals surface area contributed by atoms with Gasteiger partial charge in [-0.15, -0.1) is 0 Å². The molecule has 1 heterocycles. The molecule has 0 spiro atoms. The third kappa shape index (κ3) is 4.33. The van der Waals surface area contributed by atoms with E-state index in [4.69, 9.17) is 11.6 Å². The summed E-state index contributed by atoms with van der Waals surface area (Å²) in [6.07, 6.45) is 1.88. The Bertz CT molecular complexity index is 589. The van der Waals surface area contributed by atoms with Gasteiger partial charge in [-0.05, 0) is 38.0 Å². The highest BCUT2D eigenvalue weighted by atomic mass is 35.5. The van der Waals surface area contributed by atoms with Crippen LogP contribution in [-0.4, -0.2) is 16.5 Å². The largest absolute Gasteiger partial charge is 0.370 e. The summed E-state index contributed by atoms with van der Waals surface area (Å²) in [6, 6.07) is 7.70. The Morgan fingerprint density at radius 1 is 1.10 bits per heavy atom. The number of halogens is 1. The summed E-state index contributed by atoms with van der Waals surface area (Å²) in [5, 5.41) is 7.28. The molecule has 0 saturated carbocycles. The second-order valence-corrected chi connectivity index (χ2v) is 5.36. The molecule has 0 amide bonds. The lowest BCUT2D eigenvalue weighted by Crippen LogP contribution is -2.06. The van der Waals surface area contributed by atoms with Gasteiger partial charge in [-0.25, -0.2) is 9.97 Å². The molecule has 0 unspecified atom stereocenters. The van der Waals surface area contributed by atoms with E-state index in [1.54, 1.807) is 0 Å². The molecule has 0 aliphatic rings. The fourth-order valence-corrected chi connectivity index (χ4v) is 2.21. The minimum atomic E-state index is 0.706. The second kappa shape index (κ2) is 7.27. The Kier molecular flexibility index (Phi) is 5.39. The normalized spacial score (nSPS) is 10.5. The average molecular weight is 305 g/mol. The van der Waals surface area contributed by atoms with Crippen LogP contribution in [-0.2, 0) is 6.42 Å². The van der Waals surface area contributed by atoms with E-state index in [0.29, 0.717) is 5.02 Å². The zero-order chi connectivity index (χ0) is 15.2. The van der Waals surface area contributed by atoms with Crippen LogP contribution in [0.5, 0.6) is 0 Å². The van der Waals surface area contributed by atoms with Gasteiger partial charge in [-0.1, -0.05) is 24.6 Å². The highest BCUT2D eigenvalue weighted by Crippen LogP contribution is 2.24. The zero-order valence-corrected chi connectivity index (χ0v) is 13.5. The van der Waals surface area contributed by atoms with Crippen molar-refractivity contribution in [3.63, 3.8) is 0 Å². The second-order valence-electron chi connectivity index (χ2n) is 4.92. The van der Waals surface area contributed by atoms with Crippen LogP contribution in [0.1, 0.15) is 31.7 Å². The van der Waals surface area contributed by atoms with E-state index in [9.17, 15) is 0 Å². The summed E-state index contributed by atoms with van der Waals surface area (Å²) in [4.78, 5) is 9.07. The van der Waals surface area contributed by atoms with Gasteiger partial charge < -0.3 is 10.6 Å². The SMILES string of the molecule is CCCc1nc(NCC)cc(Nc2cc(Cl)ccc2C)n1. The Morgan fingerprint density at radius 2 is 1.86 bits per heavy atom. The molecule has 0 aliphatic heterocycles. The molecule has 0 fully saturated rings. The highest BCUT2D eigenvalue weighted by Gasteiger charge is 2.06. The van der Waals surface area contributed by atoms with Crippen LogP contribution in [0.15, 0.2) is 24.3 Å². The number of nitrogens with zero attached hydrogens (tertiary/aromatic N) is 2. The fraction of sp³-hybridized carbons (Fsp3) is 0.375. The van der Waals surface area contributed by atoms with Crippen LogP contribution in [0.3, 0.4) is 0 Å². The number of anilines is 3. The van der Waals surface area contributed by atoms with Crippen molar-refractivity contribution in [2.75, 3.05) is 17.2 Å². The first-order chi connectivity index (χ1) is 10.1. The quantitative estimate of drug-likeness (QED) is 0.821. The van der Waals surface area contributed by atoms with E-state index < -0.39 is 0 Å². The molecule has 0 aliphatic carbocycles. The molecule has 112 valence electrons. The predicted molar refractivity (Wildman–Crippen MR) is 89.7 cm³/mol. The topological polar surface area (TPSA) is 49.8 Å². The van der Waals surface area contributed by atoms with Gasteiger partial charge in [-0.2, -0.15) is 0 Å². The molecule has 21 heavy (non-hydrogen) atoms. The summed E-state index contributed by atoms with van der Waals surface area (Å²) in [7, 11) is 0. The summed E-state index contributed by atoms with van der Waals surface area (Å²) >= 11 is 6.06. The first-order valence-corrected chi connectivity index (χ1v) is 7.65. The average Bonchev–Trinajstić information content (AvgIpc) is 2.43. The van der Waals surface area contributed by atoms with Gasteiger partial charge in [-0.3, -0.25) is 0 Å². The van der Waals surface area contributed by atoms with Crippen LogP contribution >= 0.6 is 11.6 Å². The predicted octanol–water partition coefficient (Wildman–Crippen LogP) is 4.57. The minimum Gasteiger partial charge on any atom is -0.370 e. The van der Waals surface area contributed by atoms with Crippen molar-refractivity contribution in [1.29, 1.82) is 0 Å². The van der Waals surface area contributed by atoms with E-state index >= 15 is 0 Å². The summed E-state index contributed by atoms with van der Waals surface area (Å²) in [6.45, 7) is 7.05. The molecule has 5 heteroatoms. The summed E-state index contributed by atoms with van der Waals surface area (Å²) in [5.41, 5.74) is 2.09. The van der Waals surface area contributed by atoms with Gasteiger partial charge in [0.1, 0.15) is 17.5 Å². The van der Waals surface area contributed by atoms with Crippen molar-refractivity contribution in [2.45, 2.75) is 33.6 Å². The highest BCUT2D eigenvalue weighted by molar-refractivity contribution is 6.30. The maximum absolute atomic E-state index is 6.06. The Morgan fingerprint density at radius 3 is 2.57 bits per heavy atom. The fourth-order valence-electron chi connectivity index (χ4n) is 2.04. The third-order valence-electron chi connectivity index (χ3n) is 3.07. The molecule has 4 nitrogen and oxygen atoms in total. The van der Waals surface area contributed by atoms with E-state index in [1.165, 1.54) is 0 Å². The maximum Gasteiger partial charge on any atom is 0.136 e. The standard InChI is InChI=1S/C16H21ClN4/c1-4-6-14-20-15(18-5-2)10-16(21-14)19-13-9-12(17)8-7-11(13)3/h7-10H,4-6H2,1-3H3,(H2,18,19,20,21). The molecular formula is C16H21ClN4. The van der Waals surface area contributed by atoms with Crippen molar-refractivity contribution < 1.29 is 0 Å². The van der Waals surface area contributed by atoms with E-state index in [0.717, 1.165) is 48.1 Å². The number of nitrogens with one attached hydrogen (secondary N) is 2. The molecule has 2 aromatic rings. The number of benzene rings is 1. The number of aryl methyl sites for hydroxylation is 2. The number of hydrogen-bond donors (Lipinski definition) is 2. The molecule has 0 radical (unpaired) electrons. The molecule has 0 atom stereocenters. The molecule has 0 saturated heterocycles. The van der Waals surface area contributed by atoms with E-state index in [1.807, 2.05) is 31.2 Å². The van der Waals surface area contributed by atoms with Gasteiger partial charge in [0.25, 0.3) is 0 Å². The van der Waals surface area contributed by atoms with Crippen molar-refractivity contribution in [3.8, 4) is 0 Å². The third-order valence-corrected chi connectivity index (χ3v) is 3.30. The lowest BCUT2D eigenvalue weighted by molar-refractivity contribution is 0.836. The Balaban J connectivity index is 2.31. The van der Waals surface area contributed by atoms with Crippen molar-refractivity contribution in [2.24, 2.45) is 0 Å². The van der Waals surface area contributed by atoms with Crippen molar-refractivity contribution in [1.82, 2.24) is 9.97 Å².